The van der Waals surface area contributed by atoms with Gasteiger partial charge in [0.25, 0.3) is 0 Å². The number of hydrogen-bond donors (Lipinski definition) is 2. The zero-order valence-electron chi connectivity index (χ0n) is 9.52. The van der Waals surface area contributed by atoms with Crippen LogP contribution in [0, 0.1) is 11.8 Å². The van der Waals surface area contributed by atoms with Crippen LogP contribution in [0.15, 0.2) is 5.16 Å². The summed E-state index contributed by atoms with van der Waals surface area (Å²) in [4.78, 5) is 2.20. The minimum absolute atomic E-state index is 0.277. The highest BCUT2D eigenvalue weighted by Gasteiger charge is 2.29. The van der Waals surface area contributed by atoms with Gasteiger partial charge >= 0.3 is 0 Å². The lowest BCUT2D eigenvalue weighted by Gasteiger charge is -2.14. The van der Waals surface area contributed by atoms with Crippen LogP contribution >= 0.6 is 0 Å². The zero-order valence-corrected chi connectivity index (χ0v) is 9.52. The Morgan fingerprint density at radius 1 is 1.60 bits per heavy atom. The summed E-state index contributed by atoms with van der Waals surface area (Å²) < 4.78 is 5.43. The van der Waals surface area contributed by atoms with Crippen molar-refractivity contribution < 1.29 is 9.94 Å². The molecule has 5 nitrogen and oxygen atoms in total. The minimum Gasteiger partial charge on any atom is -0.409 e. The molecule has 0 aliphatic carbocycles. The average molecular weight is 215 g/mol. The minimum atomic E-state index is 0.277. The van der Waals surface area contributed by atoms with Gasteiger partial charge in [-0.2, -0.15) is 0 Å². The van der Waals surface area contributed by atoms with Gasteiger partial charge in [0.05, 0.1) is 13.2 Å². The number of likely N-dealkylation sites (tertiary alicyclic amines) is 1. The third-order valence-corrected chi connectivity index (χ3v) is 2.89. The lowest BCUT2D eigenvalue weighted by Crippen LogP contribution is -2.32. The maximum absolute atomic E-state index is 8.48. The lowest BCUT2D eigenvalue weighted by molar-refractivity contribution is 0.102. The van der Waals surface area contributed by atoms with E-state index in [-0.39, 0.29) is 5.84 Å². The van der Waals surface area contributed by atoms with E-state index < -0.39 is 0 Å². The fourth-order valence-electron chi connectivity index (χ4n) is 2.02. The Hall–Kier alpha value is -0.810. The summed E-state index contributed by atoms with van der Waals surface area (Å²) >= 11 is 0. The van der Waals surface area contributed by atoms with E-state index in [0.29, 0.717) is 18.4 Å². The molecule has 15 heavy (non-hydrogen) atoms. The highest BCUT2D eigenvalue weighted by atomic mass is 16.5. The first kappa shape index (κ1) is 12.3. The Balaban J connectivity index is 2.34. The second-order valence-corrected chi connectivity index (χ2v) is 4.18. The molecule has 0 saturated carbocycles. The SMILES string of the molecule is CCOC[C@H]1CN(CC(N)=NO)C[C@H]1C. The van der Waals surface area contributed by atoms with E-state index in [1.807, 2.05) is 6.92 Å². The highest BCUT2D eigenvalue weighted by Crippen LogP contribution is 2.22. The normalized spacial score (nSPS) is 28.5. The Morgan fingerprint density at radius 2 is 2.33 bits per heavy atom. The topological polar surface area (TPSA) is 71.1 Å². The van der Waals surface area contributed by atoms with Crippen molar-refractivity contribution in [1.29, 1.82) is 0 Å². The second-order valence-electron chi connectivity index (χ2n) is 4.18. The summed E-state index contributed by atoms with van der Waals surface area (Å²) in [6.45, 7) is 8.31. The van der Waals surface area contributed by atoms with Crippen molar-refractivity contribution in [2.24, 2.45) is 22.7 Å². The molecular weight excluding hydrogens is 194 g/mol. The van der Waals surface area contributed by atoms with Crippen LogP contribution in [0.25, 0.3) is 0 Å². The third-order valence-electron chi connectivity index (χ3n) is 2.89. The van der Waals surface area contributed by atoms with Crippen LogP contribution < -0.4 is 5.73 Å². The van der Waals surface area contributed by atoms with Crippen molar-refractivity contribution in [1.82, 2.24) is 4.90 Å². The fraction of sp³-hybridized carbons (Fsp3) is 0.900. The number of oxime groups is 1. The standard InChI is InChI=1S/C10H21N3O2/c1-3-15-7-9-5-13(4-8(9)2)6-10(11)12-14/h8-9,14H,3-7H2,1-2H3,(H2,11,12)/t8-,9-/m1/s1. The fourth-order valence-corrected chi connectivity index (χ4v) is 2.02. The molecule has 0 amide bonds. The number of nitrogens with two attached hydrogens (primary N) is 1. The van der Waals surface area contributed by atoms with Gasteiger partial charge in [-0.05, 0) is 18.8 Å². The number of rotatable bonds is 5. The molecule has 0 bridgehead atoms. The van der Waals surface area contributed by atoms with Gasteiger partial charge in [-0.3, -0.25) is 4.90 Å². The van der Waals surface area contributed by atoms with Crippen molar-refractivity contribution in [2.75, 3.05) is 32.8 Å². The van der Waals surface area contributed by atoms with Gasteiger partial charge in [-0.1, -0.05) is 12.1 Å². The largest absolute Gasteiger partial charge is 0.409 e. The predicted octanol–water partition coefficient (Wildman–Crippen LogP) is 0.337. The molecule has 5 heteroatoms. The van der Waals surface area contributed by atoms with Crippen molar-refractivity contribution >= 4 is 5.84 Å². The summed E-state index contributed by atoms with van der Waals surface area (Å²) in [6.07, 6.45) is 0. The molecule has 0 aromatic rings. The number of nitrogens with zero attached hydrogens (tertiary/aromatic N) is 2. The van der Waals surface area contributed by atoms with Crippen molar-refractivity contribution in [3.05, 3.63) is 0 Å². The summed E-state index contributed by atoms with van der Waals surface area (Å²) in [7, 11) is 0. The maximum Gasteiger partial charge on any atom is 0.153 e. The Bertz CT molecular complexity index is 221. The molecule has 0 aromatic carbocycles. The molecular formula is C10H21N3O2. The van der Waals surface area contributed by atoms with Crippen LogP contribution in [0.3, 0.4) is 0 Å². The lowest BCUT2D eigenvalue weighted by atomic mass is 9.99. The van der Waals surface area contributed by atoms with E-state index in [1.165, 1.54) is 0 Å². The van der Waals surface area contributed by atoms with E-state index >= 15 is 0 Å². The van der Waals surface area contributed by atoms with Crippen molar-refractivity contribution in [3.63, 3.8) is 0 Å². The van der Waals surface area contributed by atoms with Gasteiger partial charge in [-0.25, -0.2) is 0 Å². The monoisotopic (exact) mass is 215 g/mol. The molecule has 3 N–H and O–H groups in total. The molecule has 1 aliphatic heterocycles. The molecule has 1 rings (SSSR count). The van der Waals surface area contributed by atoms with Crippen LogP contribution in [0.5, 0.6) is 0 Å². The van der Waals surface area contributed by atoms with E-state index in [4.69, 9.17) is 15.7 Å². The van der Waals surface area contributed by atoms with Gasteiger partial charge in [0, 0.05) is 19.7 Å². The van der Waals surface area contributed by atoms with Crippen LogP contribution in [-0.2, 0) is 4.74 Å². The maximum atomic E-state index is 8.48. The van der Waals surface area contributed by atoms with Gasteiger partial charge in [0.1, 0.15) is 0 Å². The first-order valence-corrected chi connectivity index (χ1v) is 5.43. The summed E-state index contributed by atoms with van der Waals surface area (Å²) in [5, 5.41) is 11.5. The van der Waals surface area contributed by atoms with Gasteiger partial charge < -0.3 is 15.7 Å². The highest BCUT2D eigenvalue weighted by molar-refractivity contribution is 5.81. The van der Waals surface area contributed by atoms with E-state index in [9.17, 15) is 0 Å². The Labute approximate surface area is 90.9 Å². The van der Waals surface area contributed by atoms with Crippen molar-refractivity contribution in [3.8, 4) is 0 Å². The van der Waals surface area contributed by atoms with Crippen LogP contribution in [0.1, 0.15) is 13.8 Å². The first-order valence-electron chi connectivity index (χ1n) is 5.43. The second kappa shape index (κ2) is 5.92. The summed E-state index contributed by atoms with van der Waals surface area (Å²) in [6, 6.07) is 0. The van der Waals surface area contributed by atoms with Crippen molar-refractivity contribution in [2.45, 2.75) is 13.8 Å². The molecule has 0 unspecified atom stereocenters. The van der Waals surface area contributed by atoms with E-state index in [0.717, 1.165) is 26.3 Å². The van der Waals surface area contributed by atoms with Gasteiger partial charge in [0.2, 0.25) is 0 Å². The summed E-state index contributed by atoms with van der Waals surface area (Å²) in [5.41, 5.74) is 5.47. The first-order chi connectivity index (χ1) is 7.17. The number of hydrogen-bond acceptors (Lipinski definition) is 4. The van der Waals surface area contributed by atoms with E-state index in [2.05, 4.69) is 17.0 Å². The van der Waals surface area contributed by atoms with Crippen LogP contribution in [0.4, 0.5) is 0 Å². The van der Waals surface area contributed by atoms with Gasteiger partial charge in [-0.15, -0.1) is 0 Å². The van der Waals surface area contributed by atoms with E-state index in [1.54, 1.807) is 0 Å². The Morgan fingerprint density at radius 3 is 2.93 bits per heavy atom. The molecule has 2 atom stereocenters. The molecule has 1 saturated heterocycles. The molecule has 0 radical (unpaired) electrons. The van der Waals surface area contributed by atoms with Crippen LogP contribution in [0.2, 0.25) is 0 Å². The molecule has 1 heterocycles. The number of amidine groups is 1. The number of ether oxygens (including phenoxy) is 1. The molecule has 0 spiro atoms. The smallest absolute Gasteiger partial charge is 0.153 e. The molecule has 0 aromatic heterocycles. The summed E-state index contributed by atoms with van der Waals surface area (Å²) in [5.74, 6) is 1.46. The Kier molecular flexibility index (Phi) is 4.84. The average Bonchev–Trinajstić information content (AvgIpc) is 2.55. The molecule has 88 valence electrons. The predicted molar refractivity (Wildman–Crippen MR) is 59.0 cm³/mol. The molecule has 1 fully saturated rings. The quantitative estimate of drug-likeness (QED) is 0.300. The van der Waals surface area contributed by atoms with Gasteiger partial charge in [0.15, 0.2) is 5.84 Å². The third kappa shape index (κ3) is 3.68. The van der Waals surface area contributed by atoms with Crippen LogP contribution in [-0.4, -0.2) is 48.8 Å². The molecule has 1 aliphatic rings. The zero-order chi connectivity index (χ0) is 11.3.